The van der Waals surface area contributed by atoms with Gasteiger partial charge in [0.05, 0.1) is 11.3 Å². The van der Waals surface area contributed by atoms with Crippen molar-refractivity contribution in [3.8, 4) is 0 Å². The summed E-state index contributed by atoms with van der Waals surface area (Å²) in [5, 5.41) is 10.9. The molecule has 0 saturated carbocycles. The molecule has 0 aliphatic heterocycles. The number of nitrogens with one attached hydrogen (secondary N) is 1. The Morgan fingerprint density at radius 3 is 2.20 bits per heavy atom. The van der Waals surface area contributed by atoms with Crippen molar-refractivity contribution >= 4 is 21.9 Å². The van der Waals surface area contributed by atoms with Gasteiger partial charge in [-0.05, 0) is 24.3 Å². The smallest absolute Gasteiger partial charge is 0.305 e. The zero-order chi connectivity index (χ0) is 15.3. The van der Waals surface area contributed by atoms with Gasteiger partial charge in [0.1, 0.15) is 0 Å². The predicted molar refractivity (Wildman–Crippen MR) is 71.9 cm³/mol. The molecule has 1 aromatic carbocycles. The molecule has 0 heterocycles. The van der Waals surface area contributed by atoms with Gasteiger partial charge in [0.15, 0.2) is 0 Å². The van der Waals surface area contributed by atoms with Crippen molar-refractivity contribution in [2.24, 2.45) is 0 Å². The molecule has 20 heavy (non-hydrogen) atoms. The van der Waals surface area contributed by atoms with E-state index in [0.717, 1.165) is 4.31 Å². The zero-order valence-electron chi connectivity index (χ0n) is 11.2. The van der Waals surface area contributed by atoms with Crippen molar-refractivity contribution in [2.45, 2.75) is 11.3 Å². The molecule has 7 nitrogen and oxygen atoms in total. The molecule has 1 rings (SSSR count). The number of carbonyl (C=O) groups is 2. The van der Waals surface area contributed by atoms with Crippen LogP contribution in [0.25, 0.3) is 0 Å². The van der Waals surface area contributed by atoms with Gasteiger partial charge in [-0.3, -0.25) is 9.59 Å². The Balaban J connectivity index is 2.77. The first-order valence-electron chi connectivity index (χ1n) is 5.77. The molecule has 0 aliphatic rings. The Morgan fingerprint density at radius 2 is 1.75 bits per heavy atom. The highest BCUT2D eigenvalue weighted by molar-refractivity contribution is 7.89. The minimum atomic E-state index is -3.52. The van der Waals surface area contributed by atoms with Gasteiger partial charge in [-0.1, -0.05) is 0 Å². The van der Waals surface area contributed by atoms with Gasteiger partial charge in [0.2, 0.25) is 10.0 Å². The fraction of sp³-hybridized carbons (Fsp3) is 0.333. The van der Waals surface area contributed by atoms with Gasteiger partial charge in [0, 0.05) is 26.2 Å². The minimum Gasteiger partial charge on any atom is -0.481 e. The van der Waals surface area contributed by atoms with E-state index < -0.39 is 21.9 Å². The summed E-state index contributed by atoms with van der Waals surface area (Å²) < 4.78 is 24.7. The van der Waals surface area contributed by atoms with Crippen LogP contribution in [0.5, 0.6) is 0 Å². The minimum absolute atomic E-state index is 0.0198. The lowest BCUT2D eigenvalue weighted by Gasteiger charge is -2.11. The van der Waals surface area contributed by atoms with Crippen LogP contribution < -0.4 is 5.32 Å². The summed E-state index contributed by atoms with van der Waals surface area (Å²) in [6.07, 6.45) is -0.168. The summed E-state index contributed by atoms with van der Waals surface area (Å²) in [6, 6.07) is 5.43. The molecular formula is C12H16N2O5S. The van der Waals surface area contributed by atoms with E-state index in [1.54, 1.807) is 0 Å². The lowest BCUT2D eigenvalue weighted by Crippen LogP contribution is -2.26. The highest BCUT2D eigenvalue weighted by Crippen LogP contribution is 2.13. The van der Waals surface area contributed by atoms with Crippen LogP contribution in [-0.4, -0.2) is 50.3 Å². The molecule has 0 radical (unpaired) electrons. The van der Waals surface area contributed by atoms with Gasteiger partial charge in [0.25, 0.3) is 5.91 Å². The Kier molecular flexibility index (Phi) is 5.23. The van der Waals surface area contributed by atoms with Gasteiger partial charge in [-0.25, -0.2) is 12.7 Å². The molecule has 0 aromatic heterocycles. The fourth-order valence-electron chi connectivity index (χ4n) is 1.37. The summed E-state index contributed by atoms with van der Waals surface area (Å²) in [7, 11) is -0.687. The average molecular weight is 300 g/mol. The standard InChI is InChI=1S/C12H16N2O5S/c1-14(2)20(18,19)10-5-3-9(4-6-10)12(17)13-8-7-11(15)16/h3-6H,7-8H2,1-2H3,(H,13,17)(H,15,16). The number of rotatable bonds is 6. The lowest BCUT2D eigenvalue weighted by molar-refractivity contribution is -0.136. The lowest BCUT2D eigenvalue weighted by atomic mass is 10.2. The number of hydrogen-bond donors (Lipinski definition) is 2. The highest BCUT2D eigenvalue weighted by atomic mass is 32.2. The van der Waals surface area contributed by atoms with Crippen LogP contribution in [0.2, 0.25) is 0 Å². The third-order valence-corrected chi connectivity index (χ3v) is 4.35. The van der Waals surface area contributed by atoms with Gasteiger partial charge in [-0.2, -0.15) is 0 Å². The number of nitrogens with zero attached hydrogens (tertiary/aromatic N) is 1. The number of carbonyl (C=O) groups excluding carboxylic acids is 1. The van der Waals surface area contributed by atoms with E-state index >= 15 is 0 Å². The first-order chi connectivity index (χ1) is 9.25. The molecule has 0 atom stereocenters. The predicted octanol–water partition coefficient (Wildman–Crippen LogP) is 0.141. The van der Waals surface area contributed by atoms with Crippen LogP contribution >= 0.6 is 0 Å². The molecule has 0 aliphatic carbocycles. The van der Waals surface area contributed by atoms with Crippen LogP contribution in [0, 0.1) is 0 Å². The van der Waals surface area contributed by atoms with Crippen molar-refractivity contribution in [3.05, 3.63) is 29.8 Å². The molecule has 0 bridgehead atoms. The number of carboxylic acid groups (broad SMARTS) is 1. The molecule has 0 unspecified atom stereocenters. The van der Waals surface area contributed by atoms with E-state index in [9.17, 15) is 18.0 Å². The van der Waals surface area contributed by atoms with Crippen molar-refractivity contribution in [1.82, 2.24) is 9.62 Å². The molecule has 2 N–H and O–H groups in total. The van der Waals surface area contributed by atoms with Gasteiger partial charge < -0.3 is 10.4 Å². The van der Waals surface area contributed by atoms with Crippen LogP contribution in [-0.2, 0) is 14.8 Å². The maximum absolute atomic E-state index is 11.8. The second-order valence-corrected chi connectivity index (χ2v) is 6.36. The molecule has 1 amide bonds. The zero-order valence-corrected chi connectivity index (χ0v) is 12.0. The molecule has 0 spiro atoms. The summed E-state index contributed by atoms with van der Waals surface area (Å²) >= 11 is 0. The largest absolute Gasteiger partial charge is 0.481 e. The van der Waals surface area contributed by atoms with E-state index in [1.807, 2.05) is 0 Å². The molecule has 0 saturated heterocycles. The second kappa shape index (κ2) is 6.49. The van der Waals surface area contributed by atoms with Gasteiger partial charge >= 0.3 is 5.97 Å². The Hall–Kier alpha value is -1.93. The summed E-state index contributed by atoms with van der Waals surface area (Å²) in [5.74, 6) is -1.45. The van der Waals surface area contributed by atoms with Crippen molar-refractivity contribution in [1.29, 1.82) is 0 Å². The second-order valence-electron chi connectivity index (χ2n) is 4.21. The number of aliphatic carboxylic acids is 1. The van der Waals surface area contributed by atoms with Gasteiger partial charge in [-0.15, -0.1) is 0 Å². The van der Waals surface area contributed by atoms with Crippen LogP contribution in [0.4, 0.5) is 0 Å². The topological polar surface area (TPSA) is 104 Å². The van der Waals surface area contributed by atoms with E-state index in [2.05, 4.69) is 5.32 Å². The SMILES string of the molecule is CN(C)S(=O)(=O)c1ccc(C(=O)NCCC(=O)O)cc1. The van der Waals surface area contributed by atoms with E-state index in [0.29, 0.717) is 0 Å². The van der Waals surface area contributed by atoms with Crippen molar-refractivity contribution in [2.75, 3.05) is 20.6 Å². The Bertz CT molecular complexity index is 593. The highest BCUT2D eigenvalue weighted by Gasteiger charge is 2.17. The van der Waals surface area contributed by atoms with E-state index in [-0.39, 0.29) is 23.4 Å². The average Bonchev–Trinajstić information content (AvgIpc) is 2.38. The number of sulfonamides is 1. The van der Waals surface area contributed by atoms with Crippen molar-refractivity contribution in [3.63, 3.8) is 0 Å². The number of amides is 1. The van der Waals surface area contributed by atoms with Crippen molar-refractivity contribution < 1.29 is 23.1 Å². The van der Waals surface area contributed by atoms with Crippen LogP contribution in [0.3, 0.4) is 0 Å². The third kappa shape index (κ3) is 4.04. The first-order valence-corrected chi connectivity index (χ1v) is 7.21. The molecular weight excluding hydrogens is 284 g/mol. The molecule has 110 valence electrons. The maximum Gasteiger partial charge on any atom is 0.305 e. The summed E-state index contributed by atoms with van der Waals surface area (Å²) in [6.45, 7) is 0.0198. The first kappa shape index (κ1) is 16.1. The Labute approximate surface area is 117 Å². The van der Waals surface area contributed by atoms with E-state index in [4.69, 9.17) is 5.11 Å². The monoisotopic (exact) mass is 300 g/mol. The normalized spacial score (nSPS) is 11.3. The fourth-order valence-corrected chi connectivity index (χ4v) is 2.28. The maximum atomic E-state index is 11.8. The number of benzene rings is 1. The third-order valence-electron chi connectivity index (χ3n) is 2.52. The molecule has 0 fully saturated rings. The Morgan fingerprint density at radius 1 is 1.20 bits per heavy atom. The number of carboxylic acids is 1. The molecule has 1 aromatic rings. The number of hydrogen-bond acceptors (Lipinski definition) is 4. The van der Waals surface area contributed by atoms with Crippen LogP contribution in [0.15, 0.2) is 29.2 Å². The summed E-state index contributed by atoms with van der Waals surface area (Å²) in [4.78, 5) is 22.1. The quantitative estimate of drug-likeness (QED) is 0.778. The molecule has 8 heteroatoms. The van der Waals surface area contributed by atoms with Crippen LogP contribution in [0.1, 0.15) is 16.8 Å². The summed E-state index contributed by atoms with van der Waals surface area (Å²) in [5.41, 5.74) is 0.271. The van der Waals surface area contributed by atoms with E-state index in [1.165, 1.54) is 38.4 Å².